The molecule has 0 aromatic heterocycles. The summed E-state index contributed by atoms with van der Waals surface area (Å²) in [6.07, 6.45) is 2.24. The van der Waals surface area contributed by atoms with Crippen LogP contribution in [0.1, 0.15) is 58.2 Å². The van der Waals surface area contributed by atoms with Crippen LogP contribution < -0.4 is 5.73 Å². The van der Waals surface area contributed by atoms with Gasteiger partial charge >= 0.3 is 0 Å². The highest BCUT2D eigenvalue weighted by Crippen LogP contribution is 2.28. The van der Waals surface area contributed by atoms with Crippen LogP contribution in [0, 0.1) is 5.41 Å². The molecule has 0 amide bonds. The second-order valence-electron chi connectivity index (χ2n) is 6.45. The third kappa shape index (κ3) is 4.60. The predicted molar refractivity (Wildman–Crippen MR) is 88.9 cm³/mol. The Morgan fingerprint density at radius 3 is 2.10 bits per heavy atom. The molecule has 2 heteroatoms. The molecule has 0 aliphatic rings. The number of nitrogens with two attached hydrogens (primary N) is 1. The Morgan fingerprint density at radius 2 is 1.70 bits per heavy atom. The smallest absolute Gasteiger partial charge is 0.0345 e. The first-order chi connectivity index (χ1) is 9.47. The van der Waals surface area contributed by atoms with Crippen LogP contribution in [-0.2, 0) is 6.42 Å². The number of hydrogen-bond donors (Lipinski definition) is 1. The monoisotopic (exact) mass is 276 g/mol. The lowest BCUT2D eigenvalue weighted by molar-refractivity contribution is 0.135. The van der Waals surface area contributed by atoms with Gasteiger partial charge in [-0.3, -0.25) is 4.90 Å². The highest BCUT2D eigenvalue weighted by Gasteiger charge is 2.24. The maximum Gasteiger partial charge on any atom is 0.0345 e. The third-order valence-electron chi connectivity index (χ3n) is 4.19. The van der Waals surface area contributed by atoms with E-state index in [-0.39, 0.29) is 5.41 Å². The van der Waals surface area contributed by atoms with E-state index in [9.17, 15) is 0 Å². The highest BCUT2D eigenvalue weighted by molar-refractivity contribution is 5.25. The molecule has 2 nitrogen and oxygen atoms in total. The van der Waals surface area contributed by atoms with Crippen molar-refractivity contribution >= 4 is 0 Å². The van der Waals surface area contributed by atoms with E-state index < -0.39 is 0 Å². The zero-order chi connectivity index (χ0) is 15.2. The molecule has 0 saturated heterocycles. The molecule has 1 atom stereocenters. The van der Waals surface area contributed by atoms with Crippen LogP contribution in [0.25, 0.3) is 0 Å². The fourth-order valence-electron chi connectivity index (χ4n) is 2.74. The Morgan fingerprint density at radius 1 is 1.10 bits per heavy atom. The second-order valence-corrected chi connectivity index (χ2v) is 6.45. The molecule has 1 rings (SSSR count). The molecule has 2 N–H and O–H groups in total. The van der Waals surface area contributed by atoms with Crippen LogP contribution in [0.4, 0.5) is 0 Å². The topological polar surface area (TPSA) is 29.3 Å². The first-order valence-corrected chi connectivity index (χ1v) is 8.00. The molecule has 1 aromatic carbocycles. The summed E-state index contributed by atoms with van der Waals surface area (Å²) in [7, 11) is 0. The van der Waals surface area contributed by atoms with Crippen molar-refractivity contribution in [3.05, 3.63) is 35.4 Å². The number of rotatable bonds is 8. The summed E-state index contributed by atoms with van der Waals surface area (Å²) in [5.41, 5.74) is 8.92. The van der Waals surface area contributed by atoms with E-state index in [1.165, 1.54) is 11.1 Å². The Hall–Kier alpha value is -0.860. The van der Waals surface area contributed by atoms with Gasteiger partial charge < -0.3 is 5.73 Å². The van der Waals surface area contributed by atoms with Gasteiger partial charge in [-0.1, -0.05) is 58.9 Å². The number of aryl methyl sites for hydroxylation is 1. The molecule has 0 fully saturated rings. The third-order valence-corrected chi connectivity index (χ3v) is 4.19. The zero-order valence-electron chi connectivity index (χ0n) is 13.9. The second kappa shape index (κ2) is 7.80. The van der Waals surface area contributed by atoms with Crippen LogP contribution in [0.15, 0.2) is 24.3 Å². The molecular formula is C18H32N2. The van der Waals surface area contributed by atoms with Crippen molar-refractivity contribution in [1.29, 1.82) is 0 Å². The van der Waals surface area contributed by atoms with Crippen LogP contribution in [0.5, 0.6) is 0 Å². The summed E-state index contributed by atoms with van der Waals surface area (Å²) < 4.78 is 0. The molecule has 114 valence electrons. The summed E-state index contributed by atoms with van der Waals surface area (Å²) in [5.74, 6) is 0. The Balaban J connectivity index is 2.90. The van der Waals surface area contributed by atoms with Crippen LogP contribution >= 0.6 is 0 Å². The average Bonchev–Trinajstić information content (AvgIpc) is 2.47. The number of benzene rings is 1. The summed E-state index contributed by atoms with van der Waals surface area (Å²) in [4.78, 5) is 2.56. The van der Waals surface area contributed by atoms with Crippen molar-refractivity contribution in [3.8, 4) is 0 Å². The molecular weight excluding hydrogens is 244 g/mol. The van der Waals surface area contributed by atoms with Gasteiger partial charge in [-0.2, -0.15) is 0 Å². The predicted octanol–water partition coefficient (Wildman–Crippen LogP) is 4.01. The summed E-state index contributed by atoms with van der Waals surface area (Å²) in [6.45, 7) is 14.1. The lowest BCUT2D eigenvalue weighted by Crippen LogP contribution is -2.40. The fraction of sp³-hybridized carbons (Fsp3) is 0.667. The minimum Gasteiger partial charge on any atom is -0.330 e. The van der Waals surface area contributed by atoms with E-state index in [1.54, 1.807) is 0 Å². The van der Waals surface area contributed by atoms with Gasteiger partial charge in [0, 0.05) is 12.6 Å². The van der Waals surface area contributed by atoms with Gasteiger partial charge in [0.15, 0.2) is 0 Å². The Labute approximate surface area is 125 Å². The molecule has 0 saturated carbocycles. The van der Waals surface area contributed by atoms with Crippen molar-refractivity contribution in [2.24, 2.45) is 11.1 Å². The Bertz CT molecular complexity index is 381. The normalized spacial score (nSPS) is 13.8. The summed E-state index contributed by atoms with van der Waals surface area (Å²) in [5, 5.41) is 0. The largest absolute Gasteiger partial charge is 0.330 e. The fourth-order valence-corrected chi connectivity index (χ4v) is 2.74. The Kier molecular flexibility index (Phi) is 6.70. The van der Waals surface area contributed by atoms with Crippen molar-refractivity contribution < 1.29 is 0 Å². The molecule has 0 bridgehead atoms. The van der Waals surface area contributed by atoms with Gasteiger partial charge in [-0.15, -0.1) is 0 Å². The maximum atomic E-state index is 5.90. The number of hydrogen-bond acceptors (Lipinski definition) is 2. The number of nitrogens with zero attached hydrogens (tertiary/aromatic N) is 1. The molecule has 0 aliphatic carbocycles. The average molecular weight is 276 g/mol. The minimum absolute atomic E-state index is 0.173. The van der Waals surface area contributed by atoms with Crippen LogP contribution in [-0.4, -0.2) is 24.5 Å². The van der Waals surface area contributed by atoms with Crippen molar-refractivity contribution in [2.45, 2.75) is 53.5 Å². The quantitative estimate of drug-likeness (QED) is 0.777. The van der Waals surface area contributed by atoms with Crippen molar-refractivity contribution in [1.82, 2.24) is 4.90 Å². The summed E-state index contributed by atoms with van der Waals surface area (Å²) >= 11 is 0. The van der Waals surface area contributed by atoms with Gasteiger partial charge in [0.1, 0.15) is 0 Å². The highest BCUT2D eigenvalue weighted by atomic mass is 15.2. The molecule has 0 spiro atoms. The van der Waals surface area contributed by atoms with Crippen molar-refractivity contribution in [3.63, 3.8) is 0 Å². The van der Waals surface area contributed by atoms with Crippen LogP contribution in [0.3, 0.4) is 0 Å². The van der Waals surface area contributed by atoms with E-state index in [0.717, 1.165) is 32.5 Å². The molecule has 1 unspecified atom stereocenters. The molecule has 0 radical (unpaired) electrons. The lowest BCUT2D eigenvalue weighted by Gasteiger charge is -2.36. The van der Waals surface area contributed by atoms with E-state index in [0.29, 0.717) is 6.04 Å². The van der Waals surface area contributed by atoms with Gasteiger partial charge in [0.25, 0.3) is 0 Å². The molecule has 1 aromatic rings. The van der Waals surface area contributed by atoms with Gasteiger partial charge in [-0.05, 0) is 42.5 Å². The van der Waals surface area contributed by atoms with E-state index >= 15 is 0 Å². The van der Waals surface area contributed by atoms with Gasteiger partial charge in [0.2, 0.25) is 0 Å². The molecule has 20 heavy (non-hydrogen) atoms. The molecule has 0 heterocycles. The minimum atomic E-state index is 0.173. The van der Waals surface area contributed by atoms with Crippen molar-refractivity contribution in [2.75, 3.05) is 19.6 Å². The van der Waals surface area contributed by atoms with E-state index in [1.807, 2.05) is 0 Å². The zero-order valence-corrected chi connectivity index (χ0v) is 13.9. The van der Waals surface area contributed by atoms with E-state index in [4.69, 9.17) is 5.73 Å². The van der Waals surface area contributed by atoms with Gasteiger partial charge in [-0.25, -0.2) is 0 Å². The van der Waals surface area contributed by atoms with Gasteiger partial charge in [0.05, 0.1) is 0 Å². The maximum absolute atomic E-state index is 5.90. The standard InChI is InChI=1S/C18H32N2/c1-6-15-9-11-16(12-10-15)17(7-2)20(8-3)14-18(4,5)13-19/h9-12,17H,6-8,13-14,19H2,1-5H3. The van der Waals surface area contributed by atoms with Crippen LogP contribution in [0.2, 0.25) is 0 Å². The lowest BCUT2D eigenvalue weighted by atomic mass is 9.91. The summed E-state index contributed by atoms with van der Waals surface area (Å²) in [6, 6.07) is 9.62. The SMILES string of the molecule is CCc1ccc(C(CC)N(CC)CC(C)(C)CN)cc1. The molecule has 0 aliphatic heterocycles. The first kappa shape index (κ1) is 17.2. The van der Waals surface area contributed by atoms with E-state index in [2.05, 4.69) is 63.8 Å². The first-order valence-electron chi connectivity index (χ1n) is 8.00.